The largest absolute Gasteiger partial charge is 0.494 e. The first-order valence-electron chi connectivity index (χ1n) is 5.97. The lowest BCUT2D eigenvalue weighted by Gasteiger charge is -2.04. The highest BCUT2D eigenvalue weighted by Gasteiger charge is 2.05. The van der Waals surface area contributed by atoms with Crippen molar-refractivity contribution in [1.29, 1.82) is 0 Å². The number of ketones is 1. The standard InChI is InChI=1S/C14H17NO2/c1-3-4-7-17-12-6-5-11-8-13(10(2)16)15-14(11)9-12/h5-6,8-9,15H,3-4,7H2,1-2H3. The van der Waals surface area contributed by atoms with E-state index in [-0.39, 0.29) is 5.78 Å². The quantitative estimate of drug-likeness (QED) is 0.631. The average Bonchev–Trinajstić information content (AvgIpc) is 2.72. The zero-order valence-corrected chi connectivity index (χ0v) is 10.2. The molecule has 1 aromatic heterocycles. The van der Waals surface area contributed by atoms with Crippen molar-refractivity contribution in [3.8, 4) is 5.75 Å². The van der Waals surface area contributed by atoms with Gasteiger partial charge in [0, 0.05) is 23.9 Å². The van der Waals surface area contributed by atoms with Crippen LogP contribution in [0.2, 0.25) is 0 Å². The first-order chi connectivity index (χ1) is 8.20. The van der Waals surface area contributed by atoms with Crippen molar-refractivity contribution in [2.24, 2.45) is 0 Å². The molecule has 3 nitrogen and oxygen atoms in total. The molecule has 0 aliphatic heterocycles. The van der Waals surface area contributed by atoms with Gasteiger partial charge >= 0.3 is 0 Å². The summed E-state index contributed by atoms with van der Waals surface area (Å²) in [5, 5.41) is 1.04. The molecule has 0 saturated heterocycles. The van der Waals surface area contributed by atoms with Crippen molar-refractivity contribution in [3.63, 3.8) is 0 Å². The van der Waals surface area contributed by atoms with Gasteiger partial charge in [-0.15, -0.1) is 0 Å². The second-order valence-electron chi connectivity index (χ2n) is 4.19. The summed E-state index contributed by atoms with van der Waals surface area (Å²) < 4.78 is 5.62. The monoisotopic (exact) mass is 231 g/mol. The Balaban J connectivity index is 2.21. The van der Waals surface area contributed by atoms with Crippen LogP contribution in [0, 0.1) is 0 Å². The molecule has 90 valence electrons. The molecule has 3 heteroatoms. The van der Waals surface area contributed by atoms with Crippen LogP contribution in [-0.4, -0.2) is 17.4 Å². The second-order valence-corrected chi connectivity index (χ2v) is 4.19. The van der Waals surface area contributed by atoms with E-state index in [1.54, 1.807) is 6.92 Å². The highest BCUT2D eigenvalue weighted by Crippen LogP contribution is 2.21. The predicted octanol–water partition coefficient (Wildman–Crippen LogP) is 3.55. The lowest BCUT2D eigenvalue weighted by molar-refractivity contribution is 0.101. The number of Topliss-reactive ketones (excluding diaryl/α,β-unsaturated/α-hetero) is 1. The van der Waals surface area contributed by atoms with Crippen molar-refractivity contribution in [3.05, 3.63) is 30.0 Å². The Morgan fingerprint density at radius 2 is 2.18 bits per heavy atom. The van der Waals surface area contributed by atoms with Gasteiger partial charge in [-0.2, -0.15) is 0 Å². The van der Waals surface area contributed by atoms with Crippen molar-refractivity contribution in [2.75, 3.05) is 6.61 Å². The molecule has 0 bridgehead atoms. The molecule has 0 atom stereocenters. The Morgan fingerprint density at radius 3 is 2.88 bits per heavy atom. The maximum Gasteiger partial charge on any atom is 0.175 e. The summed E-state index contributed by atoms with van der Waals surface area (Å²) in [6.45, 7) is 4.43. The number of carbonyl (C=O) groups is 1. The number of aromatic amines is 1. The number of benzene rings is 1. The number of unbranched alkanes of at least 4 members (excludes halogenated alkanes) is 1. The van der Waals surface area contributed by atoms with Crippen molar-refractivity contribution in [1.82, 2.24) is 4.98 Å². The van der Waals surface area contributed by atoms with Crippen LogP contribution < -0.4 is 4.74 Å². The summed E-state index contributed by atoms with van der Waals surface area (Å²) >= 11 is 0. The van der Waals surface area contributed by atoms with Crippen LogP contribution in [0.4, 0.5) is 0 Å². The molecule has 0 fully saturated rings. The van der Waals surface area contributed by atoms with E-state index in [1.165, 1.54) is 0 Å². The van der Waals surface area contributed by atoms with Gasteiger partial charge in [-0.3, -0.25) is 4.79 Å². The zero-order valence-electron chi connectivity index (χ0n) is 10.2. The smallest absolute Gasteiger partial charge is 0.175 e. The molecular formula is C14H17NO2. The van der Waals surface area contributed by atoms with Crippen molar-refractivity contribution < 1.29 is 9.53 Å². The Bertz CT molecular complexity index is 528. The number of H-pyrrole nitrogens is 1. The number of fused-ring (bicyclic) bond motifs is 1. The normalized spacial score (nSPS) is 10.7. The van der Waals surface area contributed by atoms with Gasteiger partial charge in [-0.05, 0) is 24.6 Å². The van der Waals surface area contributed by atoms with Crippen LogP contribution in [0.3, 0.4) is 0 Å². The van der Waals surface area contributed by atoms with E-state index in [0.29, 0.717) is 5.69 Å². The van der Waals surface area contributed by atoms with Gasteiger partial charge in [-0.25, -0.2) is 0 Å². The lowest BCUT2D eigenvalue weighted by atomic mass is 10.2. The fraction of sp³-hybridized carbons (Fsp3) is 0.357. The molecule has 0 aliphatic rings. The molecule has 1 aromatic carbocycles. The Hall–Kier alpha value is -1.77. The van der Waals surface area contributed by atoms with Gasteiger partial charge in [0.2, 0.25) is 0 Å². The van der Waals surface area contributed by atoms with Gasteiger partial charge < -0.3 is 9.72 Å². The van der Waals surface area contributed by atoms with E-state index in [0.717, 1.165) is 36.1 Å². The van der Waals surface area contributed by atoms with Crippen LogP contribution in [0.25, 0.3) is 10.9 Å². The Kier molecular flexibility index (Phi) is 3.47. The molecule has 2 rings (SSSR count). The molecule has 17 heavy (non-hydrogen) atoms. The molecule has 0 unspecified atom stereocenters. The summed E-state index contributed by atoms with van der Waals surface area (Å²) in [6.07, 6.45) is 2.18. The van der Waals surface area contributed by atoms with Crippen molar-refractivity contribution in [2.45, 2.75) is 26.7 Å². The summed E-state index contributed by atoms with van der Waals surface area (Å²) in [4.78, 5) is 14.3. The van der Waals surface area contributed by atoms with Crippen LogP contribution in [-0.2, 0) is 0 Å². The second kappa shape index (κ2) is 5.04. The molecule has 1 heterocycles. The third-order valence-electron chi connectivity index (χ3n) is 2.74. The maximum absolute atomic E-state index is 11.2. The number of hydrogen-bond acceptors (Lipinski definition) is 2. The van der Waals surface area contributed by atoms with Crippen LogP contribution in [0.15, 0.2) is 24.3 Å². The third kappa shape index (κ3) is 2.67. The van der Waals surface area contributed by atoms with Gasteiger partial charge in [0.15, 0.2) is 5.78 Å². The fourth-order valence-electron chi connectivity index (χ4n) is 1.72. The maximum atomic E-state index is 11.2. The van der Waals surface area contributed by atoms with Gasteiger partial charge in [0.05, 0.1) is 12.3 Å². The van der Waals surface area contributed by atoms with Crippen LogP contribution in [0.1, 0.15) is 37.2 Å². The molecule has 0 radical (unpaired) electrons. The van der Waals surface area contributed by atoms with E-state index in [9.17, 15) is 4.79 Å². The number of ether oxygens (including phenoxy) is 1. The predicted molar refractivity (Wildman–Crippen MR) is 68.7 cm³/mol. The number of rotatable bonds is 5. The van der Waals surface area contributed by atoms with Gasteiger partial charge in [0.25, 0.3) is 0 Å². The first-order valence-corrected chi connectivity index (χ1v) is 5.97. The SMILES string of the molecule is CCCCOc1ccc2cc(C(C)=O)[nH]c2c1. The number of carbonyl (C=O) groups excluding carboxylic acids is 1. The molecule has 0 amide bonds. The Labute approximate surface area is 101 Å². The average molecular weight is 231 g/mol. The minimum absolute atomic E-state index is 0.0506. The molecule has 0 saturated carbocycles. The third-order valence-corrected chi connectivity index (χ3v) is 2.74. The topological polar surface area (TPSA) is 42.1 Å². The summed E-state index contributed by atoms with van der Waals surface area (Å²) in [5.74, 6) is 0.901. The molecule has 1 N–H and O–H groups in total. The van der Waals surface area contributed by atoms with Gasteiger partial charge in [0.1, 0.15) is 5.75 Å². The molecular weight excluding hydrogens is 214 g/mol. The van der Waals surface area contributed by atoms with E-state index in [4.69, 9.17) is 4.74 Å². The number of hydrogen-bond donors (Lipinski definition) is 1. The highest BCUT2D eigenvalue weighted by molar-refractivity contribution is 5.98. The number of aromatic nitrogens is 1. The van der Waals surface area contributed by atoms with Crippen molar-refractivity contribution >= 4 is 16.7 Å². The summed E-state index contributed by atoms with van der Waals surface area (Å²) in [7, 11) is 0. The highest BCUT2D eigenvalue weighted by atomic mass is 16.5. The molecule has 2 aromatic rings. The fourth-order valence-corrected chi connectivity index (χ4v) is 1.72. The molecule has 0 aliphatic carbocycles. The number of nitrogens with one attached hydrogen (secondary N) is 1. The van der Waals surface area contributed by atoms with E-state index in [1.807, 2.05) is 24.3 Å². The van der Waals surface area contributed by atoms with Crippen LogP contribution >= 0.6 is 0 Å². The summed E-state index contributed by atoms with van der Waals surface area (Å²) in [5.41, 5.74) is 1.59. The minimum atomic E-state index is 0.0506. The van der Waals surface area contributed by atoms with E-state index >= 15 is 0 Å². The summed E-state index contributed by atoms with van der Waals surface area (Å²) in [6, 6.07) is 7.72. The minimum Gasteiger partial charge on any atom is -0.494 e. The van der Waals surface area contributed by atoms with Gasteiger partial charge in [-0.1, -0.05) is 13.3 Å². The first kappa shape index (κ1) is 11.7. The lowest BCUT2D eigenvalue weighted by Crippen LogP contribution is -1.95. The Morgan fingerprint density at radius 1 is 1.35 bits per heavy atom. The van der Waals surface area contributed by atoms with E-state index < -0.39 is 0 Å². The van der Waals surface area contributed by atoms with Crippen LogP contribution in [0.5, 0.6) is 5.75 Å². The molecule has 0 spiro atoms. The zero-order chi connectivity index (χ0) is 12.3. The van der Waals surface area contributed by atoms with E-state index in [2.05, 4.69) is 11.9 Å².